The molecule has 2 aromatic carbocycles. The molecule has 30 heavy (non-hydrogen) atoms. The Bertz CT molecular complexity index is 997. The van der Waals surface area contributed by atoms with Crippen LogP contribution in [0.1, 0.15) is 45.7 Å². The van der Waals surface area contributed by atoms with Crippen LogP contribution in [0.15, 0.2) is 49.0 Å². The van der Waals surface area contributed by atoms with Crippen molar-refractivity contribution in [3.05, 3.63) is 60.2 Å². The summed E-state index contributed by atoms with van der Waals surface area (Å²) in [5.74, 6) is 0.539. The molecule has 2 N–H and O–H groups in total. The zero-order valence-electron chi connectivity index (χ0n) is 18.2. The Kier molecular flexibility index (Phi) is 5.87. The summed E-state index contributed by atoms with van der Waals surface area (Å²) in [4.78, 5) is 26.7. The number of carbonyl (C=O) groups is 2. The van der Waals surface area contributed by atoms with Crippen molar-refractivity contribution in [3.8, 4) is 5.75 Å². The molecule has 158 valence electrons. The van der Waals surface area contributed by atoms with Gasteiger partial charge in [0.25, 0.3) is 5.91 Å². The summed E-state index contributed by atoms with van der Waals surface area (Å²) < 4.78 is 5.68. The molecule has 0 fully saturated rings. The average molecular weight is 408 g/mol. The van der Waals surface area contributed by atoms with Crippen LogP contribution in [-0.2, 0) is 10.3 Å². The highest BCUT2D eigenvalue weighted by Gasteiger charge is 2.31. The van der Waals surface area contributed by atoms with E-state index >= 15 is 0 Å². The monoisotopic (exact) mass is 407 g/mol. The topological polar surface area (TPSA) is 70.7 Å². The lowest BCUT2D eigenvalue weighted by Crippen LogP contribution is -2.44. The minimum absolute atomic E-state index is 0.0925. The molecule has 1 aliphatic heterocycles. The first-order chi connectivity index (χ1) is 14.1. The van der Waals surface area contributed by atoms with Crippen molar-refractivity contribution in [2.45, 2.75) is 46.3 Å². The number of hydrogen-bond donors (Lipinski definition) is 2. The Morgan fingerprint density at radius 2 is 1.97 bits per heavy atom. The van der Waals surface area contributed by atoms with E-state index in [-0.39, 0.29) is 11.9 Å². The van der Waals surface area contributed by atoms with Crippen molar-refractivity contribution in [3.63, 3.8) is 0 Å². The largest absolute Gasteiger partial charge is 0.479 e. The number of benzene rings is 2. The normalized spacial score (nSPS) is 15.8. The molecule has 3 rings (SSSR count). The highest BCUT2D eigenvalue weighted by molar-refractivity contribution is 6.01. The molecule has 2 aromatic rings. The molecule has 1 heterocycles. The van der Waals surface area contributed by atoms with Gasteiger partial charge in [-0.05, 0) is 70.0 Å². The SMILES string of the molecule is C=C(C)c1cccc(C(C)(C)NC(=O)Nc2ccc3c(c2)N(CC)C(=O)C(C)O3)c1. The van der Waals surface area contributed by atoms with Gasteiger partial charge in [0, 0.05) is 12.2 Å². The average Bonchev–Trinajstić information content (AvgIpc) is 2.69. The second kappa shape index (κ2) is 8.22. The maximum Gasteiger partial charge on any atom is 0.319 e. The van der Waals surface area contributed by atoms with Gasteiger partial charge in [0.05, 0.1) is 11.2 Å². The lowest BCUT2D eigenvalue weighted by Gasteiger charge is -2.32. The predicted molar refractivity (Wildman–Crippen MR) is 121 cm³/mol. The Labute approximate surface area is 177 Å². The van der Waals surface area contributed by atoms with Crippen molar-refractivity contribution >= 4 is 28.9 Å². The summed E-state index contributed by atoms with van der Waals surface area (Å²) in [6.07, 6.45) is -0.518. The van der Waals surface area contributed by atoms with E-state index in [9.17, 15) is 9.59 Å². The van der Waals surface area contributed by atoms with Crippen LogP contribution in [0.5, 0.6) is 5.75 Å². The Morgan fingerprint density at radius 1 is 1.23 bits per heavy atom. The molecule has 0 saturated carbocycles. The Morgan fingerprint density at radius 3 is 2.63 bits per heavy atom. The van der Waals surface area contributed by atoms with Crippen molar-refractivity contribution in [1.82, 2.24) is 5.32 Å². The lowest BCUT2D eigenvalue weighted by molar-refractivity contribution is -0.125. The lowest BCUT2D eigenvalue weighted by atomic mass is 9.92. The van der Waals surface area contributed by atoms with Crippen molar-refractivity contribution < 1.29 is 14.3 Å². The fourth-order valence-electron chi connectivity index (χ4n) is 3.50. The first-order valence-corrected chi connectivity index (χ1v) is 10.1. The number of likely N-dealkylation sites (N-methyl/N-ethyl adjacent to an activating group) is 1. The molecular weight excluding hydrogens is 378 g/mol. The third kappa shape index (κ3) is 4.32. The minimum Gasteiger partial charge on any atom is -0.479 e. The molecule has 6 heteroatoms. The fraction of sp³-hybridized carbons (Fsp3) is 0.333. The number of nitrogens with one attached hydrogen (secondary N) is 2. The van der Waals surface area contributed by atoms with E-state index < -0.39 is 11.6 Å². The summed E-state index contributed by atoms with van der Waals surface area (Å²) in [5, 5.41) is 5.88. The summed E-state index contributed by atoms with van der Waals surface area (Å²) in [6.45, 7) is 14.0. The van der Waals surface area contributed by atoms with E-state index in [2.05, 4.69) is 17.2 Å². The van der Waals surface area contributed by atoms with Crippen LogP contribution < -0.4 is 20.3 Å². The van der Waals surface area contributed by atoms with Crippen LogP contribution in [0.25, 0.3) is 5.57 Å². The maximum atomic E-state index is 12.7. The number of anilines is 2. The molecule has 1 aliphatic rings. The van der Waals surface area contributed by atoms with Crippen LogP contribution in [0, 0.1) is 0 Å². The van der Waals surface area contributed by atoms with E-state index in [1.807, 2.05) is 52.0 Å². The second-order valence-electron chi connectivity index (χ2n) is 8.09. The van der Waals surface area contributed by atoms with Gasteiger partial charge in [-0.3, -0.25) is 4.79 Å². The Hall–Kier alpha value is -3.28. The van der Waals surface area contributed by atoms with Gasteiger partial charge >= 0.3 is 6.03 Å². The zero-order valence-corrected chi connectivity index (χ0v) is 18.2. The van der Waals surface area contributed by atoms with Gasteiger partial charge in [-0.25, -0.2) is 4.79 Å². The van der Waals surface area contributed by atoms with Gasteiger partial charge in [-0.2, -0.15) is 0 Å². The molecule has 1 unspecified atom stereocenters. The van der Waals surface area contributed by atoms with Crippen LogP contribution >= 0.6 is 0 Å². The summed E-state index contributed by atoms with van der Waals surface area (Å²) in [7, 11) is 0. The molecular formula is C24H29N3O3. The van der Waals surface area contributed by atoms with Crippen molar-refractivity contribution in [2.24, 2.45) is 0 Å². The van der Waals surface area contributed by atoms with E-state index in [0.717, 1.165) is 16.7 Å². The van der Waals surface area contributed by atoms with Crippen LogP contribution in [-0.4, -0.2) is 24.6 Å². The van der Waals surface area contributed by atoms with Gasteiger partial charge in [-0.15, -0.1) is 0 Å². The van der Waals surface area contributed by atoms with E-state index in [4.69, 9.17) is 4.74 Å². The van der Waals surface area contributed by atoms with E-state index in [1.165, 1.54) is 0 Å². The number of allylic oxidation sites excluding steroid dienone is 1. The molecule has 0 aliphatic carbocycles. The number of ether oxygens (including phenoxy) is 1. The summed E-state index contributed by atoms with van der Waals surface area (Å²) >= 11 is 0. The molecule has 3 amide bonds. The van der Waals surface area contributed by atoms with E-state index in [1.54, 1.807) is 30.0 Å². The van der Waals surface area contributed by atoms with E-state index in [0.29, 0.717) is 23.7 Å². The minimum atomic E-state index is -0.590. The molecule has 0 saturated heterocycles. The third-order valence-electron chi connectivity index (χ3n) is 5.24. The maximum absolute atomic E-state index is 12.7. The van der Waals surface area contributed by atoms with Crippen molar-refractivity contribution in [1.29, 1.82) is 0 Å². The quantitative estimate of drug-likeness (QED) is 0.740. The molecule has 1 atom stereocenters. The van der Waals surface area contributed by atoms with Gasteiger partial charge < -0.3 is 20.3 Å². The first kappa shape index (κ1) is 21.4. The molecule has 0 radical (unpaired) electrons. The first-order valence-electron chi connectivity index (χ1n) is 10.1. The predicted octanol–water partition coefficient (Wildman–Crippen LogP) is 4.91. The standard InChI is InChI=1S/C24H29N3O3/c1-7-27-20-14-19(11-12-21(20)30-16(4)22(27)28)25-23(29)26-24(5,6)18-10-8-9-17(13-18)15(2)3/h8-14,16H,2,7H2,1,3-6H3,(H2,25,26,29). The number of fused-ring (bicyclic) bond motifs is 1. The molecule has 0 aromatic heterocycles. The molecule has 0 spiro atoms. The second-order valence-corrected chi connectivity index (χ2v) is 8.09. The van der Waals surface area contributed by atoms with Crippen LogP contribution in [0.4, 0.5) is 16.2 Å². The number of carbonyl (C=O) groups excluding carboxylic acids is 2. The van der Waals surface area contributed by atoms with Gasteiger partial charge in [-0.1, -0.05) is 30.4 Å². The van der Waals surface area contributed by atoms with Gasteiger partial charge in [0.2, 0.25) is 0 Å². The van der Waals surface area contributed by atoms with Crippen LogP contribution in [0.3, 0.4) is 0 Å². The molecule has 6 nitrogen and oxygen atoms in total. The highest BCUT2D eigenvalue weighted by Crippen LogP contribution is 2.36. The van der Waals surface area contributed by atoms with Gasteiger partial charge in [0.15, 0.2) is 6.10 Å². The number of urea groups is 1. The molecule has 0 bridgehead atoms. The fourth-order valence-corrected chi connectivity index (χ4v) is 3.50. The van der Waals surface area contributed by atoms with Crippen LogP contribution in [0.2, 0.25) is 0 Å². The smallest absolute Gasteiger partial charge is 0.319 e. The number of amides is 3. The van der Waals surface area contributed by atoms with Crippen molar-refractivity contribution in [2.75, 3.05) is 16.8 Å². The summed E-state index contributed by atoms with van der Waals surface area (Å²) in [5.41, 5.74) is 3.64. The number of rotatable bonds is 5. The highest BCUT2D eigenvalue weighted by atomic mass is 16.5. The third-order valence-corrected chi connectivity index (χ3v) is 5.24. The number of hydrogen-bond acceptors (Lipinski definition) is 3. The number of nitrogens with zero attached hydrogens (tertiary/aromatic N) is 1. The van der Waals surface area contributed by atoms with Gasteiger partial charge in [0.1, 0.15) is 5.75 Å². The summed E-state index contributed by atoms with van der Waals surface area (Å²) in [6, 6.07) is 12.9. The Balaban J connectivity index is 1.77. The zero-order chi connectivity index (χ0) is 22.1.